The predicted octanol–water partition coefficient (Wildman–Crippen LogP) is 2.34. The van der Waals surface area contributed by atoms with Crippen molar-refractivity contribution in [2.24, 2.45) is 5.10 Å². The van der Waals surface area contributed by atoms with Crippen LogP contribution in [0.1, 0.15) is 37.9 Å². The minimum atomic E-state index is -0.779. The molecular formula is C26H28N4O8. The maximum atomic E-state index is 12.5. The second kappa shape index (κ2) is 12.9. The van der Waals surface area contributed by atoms with Gasteiger partial charge in [-0.1, -0.05) is 18.2 Å². The lowest BCUT2D eigenvalue weighted by Gasteiger charge is -2.28. The fourth-order valence-electron chi connectivity index (χ4n) is 3.59. The molecule has 2 aromatic carbocycles. The number of hydrazone groups is 1. The second-order valence-corrected chi connectivity index (χ2v) is 7.91. The van der Waals surface area contributed by atoms with Crippen LogP contribution in [0.5, 0.6) is 17.2 Å². The molecule has 1 atom stereocenters. The lowest BCUT2D eigenvalue weighted by atomic mass is 9.95. The van der Waals surface area contributed by atoms with E-state index in [4.69, 9.17) is 18.9 Å². The first kappa shape index (κ1) is 27.7. The average molecular weight is 525 g/mol. The number of nitrogens with zero attached hydrogens (tertiary/aromatic N) is 1. The van der Waals surface area contributed by atoms with Gasteiger partial charge >= 0.3 is 18.0 Å². The molecule has 0 radical (unpaired) electrons. The van der Waals surface area contributed by atoms with E-state index in [1.54, 1.807) is 56.3 Å². The van der Waals surface area contributed by atoms with Crippen molar-refractivity contribution < 1.29 is 38.1 Å². The van der Waals surface area contributed by atoms with Gasteiger partial charge in [-0.15, -0.1) is 0 Å². The smallest absolute Gasteiger partial charge is 0.338 e. The number of nitrogens with one attached hydrogen (secondary N) is 3. The van der Waals surface area contributed by atoms with Crippen molar-refractivity contribution >= 4 is 30.1 Å². The predicted molar refractivity (Wildman–Crippen MR) is 136 cm³/mol. The number of amides is 3. The molecule has 1 aliphatic rings. The van der Waals surface area contributed by atoms with Gasteiger partial charge in [0.2, 0.25) is 0 Å². The molecule has 12 heteroatoms. The summed E-state index contributed by atoms with van der Waals surface area (Å²) in [7, 11) is 1.42. The van der Waals surface area contributed by atoms with Gasteiger partial charge in [0, 0.05) is 18.2 Å². The number of carbonyl (C=O) groups excluding carboxylic acids is 4. The minimum Gasteiger partial charge on any atom is -0.493 e. The lowest BCUT2D eigenvalue weighted by molar-refractivity contribution is -0.139. The van der Waals surface area contributed by atoms with Crippen LogP contribution >= 0.6 is 0 Å². The number of rotatable bonds is 10. The van der Waals surface area contributed by atoms with E-state index in [1.165, 1.54) is 20.2 Å². The summed E-state index contributed by atoms with van der Waals surface area (Å²) >= 11 is 0. The molecule has 0 saturated carbocycles. The first-order chi connectivity index (χ1) is 18.2. The monoisotopic (exact) mass is 524 g/mol. The number of para-hydroxylation sites is 1. The molecular weight excluding hydrogens is 496 g/mol. The highest BCUT2D eigenvalue weighted by molar-refractivity contribution is 5.95. The normalized spacial score (nSPS) is 14.8. The third kappa shape index (κ3) is 7.09. The van der Waals surface area contributed by atoms with Crippen molar-refractivity contribution in [2.75, 3.05) is 20.3 Å². The van der Waals surface area contributed by atoms with E-state index in [9.17, 15) is 19.2 Å². The van der Waals surface area contributed by atoms with Gasteiger partial charge in [-0.2, -0.15) is 5.10 Å². The molecule has 0 spiro atoms. The number of urea groups is 1. The Balaban J connectivity index is 1.68. The van der Waals surface area contributed by atoms with E-state index in [0.29, 0.717) is 22.6 Å². The molecule has 3 amide bonds. The summed E-state index contributed by atoms with van der Waals surface area (Å²) in [6, 6.07) is 10.3. The van der Waals surface area contributed by atoms with Gasteiger partial charge in [0.05, 0.1) is 31.5 Å². The van der Waals surface area contributed by atoms with Crippen LogP contribution < -0.4 is 30.3 Å². The Bertz CT molecular complexity index is 1290. The van der Waals surface area contributed by atoms with E-state index in [-0.39, 0.29) is 30.3 Å². The number of benzene rings is 2. The molecule has 200 valence electrons. The molecule has 0 fully saturated rings. The summed E-state index contributed by atoms with van der Waals surface area (Å²) in [6.07, 6.45) is 1.34. The number of ether oxygens (including phenoxy) is 4. The first-order valence-corrected chi connectivity index (χ1v) is 11.6. The zero-order valence-electron chi connectivity index (χ0n) is 21.3. The van der Waals surface area contributed by atoms with Crippen LogP contribution in [-0.4, -0.2) is 50.4 Å². The fourth-order valence-corrected chi connectivity index (χ4v) is 3.59. The highest BCUT2D eigenvalue weighted by Gasteiger charge is 2.32. The van der Waals surface area contributed by atoms with Crippen molar-refractivity contribution in [3.63, 3.8) is 0 Å². The summed E-state index contributed by atoms with van der Waals surface area (Å²) < 4.78 is 21.2. The maximum absolute atomic E-state index is 12.5. The summed E-state index contributed by atoms with van der Waals surface area (Å²) in [5, 5.41) is 9.16. The van der Waals surface area contributed by atoms with Gasteiger partial charge in [0.25, 0.3) is 5.91 Å². The van der Waals surface area contributed by atoms with Crippen molar-refractivity contribution in [1.29, 1.82) is 0 Å². The molecule has 3 N–H and O–H groups in total. The highest BCUT2D eigenvalue weighted by atomic mass is 16.5. The zero-order chi connectivity index (χ0) is 27.7. The molecule has 0 aliphatic carbocycles. The van der Waals surface area contributed by atoms with Crippen molar-refractivity contribution in [3.05, 3.63) is 64.9 Å². The van der Waals surface area contributed by atoms with Gasteiger partial charge in [0.15, 0.2) is 18.1 Å². The van der Waals surface area contributed by atoms with E-state index in [0.717, 1.165) is 0 Å². The van der Waals surface area contributed by atoms with Crippen LogP contribution in [0, 0.1) is 0 Å². The van der Waals surface area contributed by atoms with E-state index in [1.807, 2.05) is 0 Å². The molecule has 38 heavy (non-hydrogen) atoms. The second-order valence-electron chi connectivity index (χ2n) is 7.91. The van der Waals surface area contributed by atoms with Gasteiger partial charge in [-0.05, 0) is 43.7 Å². The Hall–Kier alpha value is -4.87. The van der Waals surface area contributed by atoms with Crippen molar-refractivity contribution in [1.82, 2.24) is 16.1 Å². The van der Waals surface area contributed by atoms with Crippen LogP contribution in [-0.2, 0) is 19.1 Å². The van der Waals surface area contributed by atoms with E-state index < -0.39 is 29.9 Å². The van der Waals surface area contributed by atoms with Gasteiger partial charge < -0.3 is 29.6 Å². The molecule has 1 heterocycles. The van der Waals surface area contributed by atoms with Crippen molar-refractivity contribution in [2.45, 2.75) is 26.8 Å². The molecule has 2 aromatic rings. The molecule has 0 aromatic heterocycles. The SMILES string of the molecule is CCOC(=O)C1=C(C)NC(=O)N[C@@H]1c1ccc(OCC(=O)N/N=C/c2ccccc2OC(C)=O)c(OC)c1. The standard InChI is InChI=1S/C26H28N4O8/c1-5-36-25(33)23-15(2)28-26(34)29-24(23)17-10-11-20(21(12-17)35-4)37-14-22(32)30-27-13-18-8-6-7-9-19(18)38-16(3)31/h6-13,24H,5,14H2,1-4H3,(H,30,32)(H2,28,29,34)/b27-13+/t24-/m1/s1. The molecule has 3 rings (SSSR count). The third-order valence-corrected chi connectivity index (χ3v) is 5.21. The van der Waals surface area contributed by atoms with Gasteiger partial charge in [-0.3, -0.25) is 9.59 Å². The quantitative estimate of drug-likeness (QED) is 0.185. The molecule has 0 bridgehead atoms. The highest BCUT2D eigenvalue weighted by Crippen LogP contribution is 2.34. The Morgan fingerprint density at radius 2 is 1.87 bits per heavy atom. The van der Waals surface area contributed by atoms with E-state index in [2.05, 4.69) is 21.2 Å². The number of hydrogen-bond acceptors (Lipinski definition) is 9. The molecule has 0 saturated heterocycles. The first-order valence-electron chi connectivity index (χ1n) is 11.6. The van der Waals surface area contributed by atoms with Gasteiger partial charge in [-0.25, -0.2) is 15.0 Å². The summed E-state index contributed by atoms with van der Waals surface area (Å²) in [5.41, 5.74) is 4.02. The van der Waals surface area contributed by atoms with Crippen LogP contribution in [0.2, 0.25) is 0 Å². The number of methoxy groups -OCH3 is 1. The Kier molecular flexibility index (Phi) is 9.41. The Morgan fingerprint density at radius 1 is 1.11 bits per heavy atom. The van der Waals surface area contributed by atoms with Gasteiger partial charge in [0.1, 0.15) is 5.75 Å². The minimum absolute atomic E-state index is 0.178. The topological polar surface area (TPSA) is 154 Å². The van der Waals surface area contributed by atoms with Crippen LogP contribution in [0.3, 0.4) is 0 Å². The number of carbonyl (C=O) groups is 4. The third-order valence-electron chi connectivity index (χ3n) is 5.21. The number of esters is 2. The summed E-state index contributed by atoms with van der Waals surface area (Å²) in [4.78, 5) is 48.1. The van der Waals surface area contributed by atoms with Crippen LogP contribution in [0.4, 0.5) is 4.79 Å². The Morgan fingerprint density at radius 3 is 2.58 bits per heavy atom. The molecule has 12 nitrogen and oxygen atoms in total. The Labute approximate surface area is 219 Å². The van der Waals surface area contributed by atoms with Crippen LogP contribution in [0.25, 0.3) is 0 Å². The fraction of sp³-hybridized carbons (Fsp3) is 0.269. The summed E-state index contributed by atoms with van der Waals surface area (Å²) in [5.74, 6) is -0.744. The van der Waals surface area contributed by atoms with E-state index >= 15 is 0 Å². The zero-order valence-corrected chi connectivity index (χ0v) is 21.3. The maximum Gasteiger partial charge on any atom is 0.338 e. The lowest BCUT2D eigenvalue weighted by Crippen LogP contribution is -2.45. The van der Waals surface area contributed by atoms with Crippen molar-refractivity contribution in [3.8, 4) is 17.2 Å². The molecule has 1 aliphatic heterocycles. The average Bonchev–Trinajstić information content (AvgIpc) is 2.87. The summed E-state index contributed by atoms with van der Waals surface area (Å²) in [6.45, 7) is 4.39. The largest absolute Gasteiger partial charge is 0.493 e. The molecule has 0 unspecified atom stereocenters. The van der Waals surface area contributed by atoms with Crippen LogP contribution in [0.15, 0.2) is 58.8 Å². The number of allylic oxidation sites excluding steroid dienone is 1. The number of hydrogen-bond donors (Lipinski definition) is 3.